The molecular weight excluding hydrogens is 200 g/mol. The Hall–Kier alpha value is -1.35. The number of nitrogens with two attached hydrogens (primary N) is 1. The lowest BCUT2D eigenvalue weighted by Crippen LogP contribution is -2.41. The predicted octanol–water partition coefficient (Wildman–Crippen LogP) is 1.38. The van der Waals surface area contributed by atoms with Gasteiger partial charge in [-0.3, -0.25) is 4.79 Å². The Balaban J connectivity index is 2.00. The van der Waals surface area contributed by atoms with Crippen LogP contribution >= 0.6 is 0 Å². The van der Waals surface area contributed by atoms with Gasteiger partial charge in [0.05, 0.1) is 0 Å². The lowest BCUT2D eigenvalue weighted by molar-refractivity contribution is -0.135. The fraction of sp³-hybridized carbons (Fsp3) is 0.462. The van der Waals surface area contributed by atoms with Gasteiger partial charge in [-0.25, -0.2) is 0 Å². The average molecular weight is 218 g/mol. The Morgan fingerprint density at radius 2 is 2.06 bits per heavy atom. The van der Waals surface area contributed by atoms with Crippen LogP contribution < -0.4 is 5.73 Å². The zero-order valence-corrected chi connectivity index (χ0v) is 9.43. The highest BCUT2D eigenvalue weighted by Crippen LogP contribution is 2.18. The van der Waals surface area contributed by atoms with Crippen LogP contribution in [0.1, 0.15) is 18.4 Å². The monoisotopic (exact) mass is 218 g/mol. The van der Waals surface area contributed by atoms with E-state index in [2.05, 4.69) is 12.1 Å². The molecule has 1 aromatic carbocycles. The average Bonchev–Trinajstić information content (AvgIpc) is 2.33. The first kappa shape index (κ1) is 11.1. The van der Waals surface area contributed by atoms with Gasteiger partial charge in [-0.1, -0.05) is 30.3 Å². The molecule has 2 rings (SSSR count). The summed E-state index contributed by atoms with van der Waals surface area (Å²) in [5.74, 6) is 0.731. The molecule has 16 heavy (non-hydrogen) atoms. The van der Waals surface area contributed by atoms with Crippen molar-refractivity contribution in [2.75, 3.05) is 13.1 Å². The van der Waals surface area contributed by atoms with Crippen molar-refractivity contribution < 1.29 is 4.79 Å². The van der Waals surface area contributed by atoms with E-state index in [1.165, 1.54) is 5.56 Å². The van der Waals surface area contributed by atoms with E-state index in [9.17, 15) is 4.79 Å². The molecular formula is C13H18N2O. The topological polar surface area (TPSA) is 46.3 Å². The second kappa shape index (κ2) is 5.12. The second-order valence-electron chi connectivity index (χ2n) is 4.40. The molecule has 0 bridgehead atoms. The first-order valence-electron chi connectivity index (χ1n) is 5.81. The molecule has 1 amide bonds. The summed E-state index contributed by atoms with van der Waals surface area (Å²) in [5.41, 5.74) is 6.85. The van der Waals surface area contributed by atoms with Gasteiger partial charge in [0.25, 0.3) is 0 Å². The van der Waals surface area contributed by atoms with Crippen molar-refractivity contribution in [1.29, 1.82) is 0 Å². The van der Waals surface area contributed by atoms with Crippen LogP contribution in [-0.2, 0) is 11.3 Å². The SMILES string of the molecule is NC[C@@H]1CCC(=O)N(Cc2ccccc2)C1. The molecule has 1 aliphatic heterocycles. The summed E-state index contributed by atoms with van der Waals surface area (Å²) in [6.45, 7) is 2.21. The van der Waals surface area contributed by atoms with Crippen molar-refractivity contribution >= 4 is 5.91 Å². The molecule has 3 nitrogen and oxygen atoms in total. The Morgan fingerprint density at radius 3 is 2.75 bits per heavy atom. The van der Waals surface area contributed by atoms with Gasteiger partial charge in [0.1, 0.15) is 0 Å². The molecule has 0 radical (unpaired) electrons. The van der Waals surface area contributed by atoms with Crippen molar-refractivity contribution in [2.45, 2.75) is 19.4 Å². The summed E-state index contributed by atoms with van der Waals surface area (Å²) in [4.78, 5) is 13.7. The minimum atomic E-state index is 0.258. The summed E-state index contributed by atoms with van der Waals surface area (Å²) in [6, 6.07) is 10.1. The van der Waals surface area contributed by atoms with Crippen LogP contribution in [0.2, 0.25) is 0 Å². The maximum atomic E-state index is 11.7. The van der Waals surface area contributed by atoms with Crippen molar-refractivity contribution in [1.82, 2.24) is 4.90 Å². The van der Waals surface area contributed by atoms with E-state index in [-0.39, 0.29) is 5.91 Å². The molecule has 1 fully saturated rings. The van der Waals surface area contributed by atoms with Gasteiger partial charge in [-0.15, -0.1) is 0 Å². The third kappa shape index (κ3) is 2.61. The minimum absolute atomic E-state index is 0.258. The molecule has 0 saturated carbocycles. The van der Waals surface area contributed by atoms with Gasteiger partial charge in [-0.05, 0) is 24.4 Å². The number of nitrogens with zero attached hydrogens (tertiary/aromatic N) is 1. The van der Waals surface area contributed by atoms with Crippen LogP contribution in [0.25, 0.3) is 0 Å². The highest BCUT2D eigenvalue weighted by atomic mass is 16.2. The number of benzene rings is 1. The number of carbonyl (C=O) groups is 1. The van der Waals surface area contributed by atoms with Crippen molar-refractivity contribution in [2.24, 2.45) is 11.7 Å². The maximum Gasteiger partial charge on any atom is 0.222 e. The van der Waals surface area contributed by atoms with Gasteiger partial charge in [0, 0.05) is 19.5 Å². The van der Waals surface area contributed by atoms with E-state index in [4.69, 9.17) is 5.73 Å². The van der Waals surface area contributed by atoms with E-state index >= 15 is 0 Å². The molecule has 1 aliphatic rings. The Labute approximate surface area is 96.2 Å². The number of carbonyl (C=O) groups excluding carboxylic acids is 1. The van der Waals surface area contributed by atoms with Crippen LogP contribution in [0, 0.1) is 5.92 Å². The highest BCUT2D eigenvalue weighted by Gasteiger charge is 2.24. The zero-order chi connectivity index (χ0) is 11.4. The fourth-order valence-corrected chi connectivity index (χ4v) is 2.14. The third-order valence-electron chi connectivity index (χ3n) is 3.15. The molecule has 1 heterocycles. The normalized spacial score (nSPS) is 21.2. The number of piperidine rings is 1. The molecule has 2 N–H and O–H groups in total. The number of likely N-dealkylation sites (tertiary alicyclic amines) is 1. The lowest BCUT2D eigenvalue weighted by Gasteiger charge is -2.32. The van der Waals surface area contributed by atoms with Gasteiger partial charge in [0.15, 0.2) is 0 Å². The van der Waals surface area contributed by atoms with Crippen molar-refractivity contribution in [3.8, 4) is 0 Å². The molecule has 3 heteroatoms. The number of rotatable bonds is 3. The fourth-order valence-electron chi connectivity index (χ4n) is 2.14. The van der Waals surface area contributed by atoms with E-state index < -0.39 is 0 Å². The smallest absolute Gasteiger partial charge is 0.222 e. The Kier molecular flexibility index (Phi) is 3.57. The summed E-state index contributed by atoms with van der Waals surface area (Å²) >= 11 is 0. The second-order valence-corrected chi connectivity index (χ2v) is 4.40. The van der Waals surface area contributed by atoms with Gasteiger partial charge in [-0.2, -0.15) is 0 Å². The van der Waals surface area contributed by atoms with Crippen molar-refractivity contribution in [3.63, 3.8) is 0 Å². The number of hydrogen-bond acceptors (Lipinski definition) is 2. The molecule has 86 valence electrons. The van der Waals surface area contributed by atoms with Gasteiger partial charge in [0.2, 0.25) is 5.91 Å². The lowest BCUT2D eigenvalue weighted by atomic mass is 9.97. The van der Waals surface area contributed by atoms with Crippen LogP contribution in [0.5, 0.6) is 0 Å². The molecule has 1 aromatic rings. The van der Waals surface area contributed by atoms with Crippen LogP contribution in [0.15, 0.2) is 30.3 Å². The van der Waals surface area contributed by atoms with Crippen LogP contribution in [-0.4, -0.2) is 23.9 Å². The molecule has 1 saturated heterocycles. The summed E-state index contributed by atoms with van der Waals surface area (Å²) < 4.78 is 0. The van der Waals surface area contributed by atoms with Crippen LogP contribution in [0.4, 0.5) is 0 Å². The Morgan fingerprint density at radius 1 is 1.31 bits per heavy atom. The summed E-state index contributed by atoms with van der Waals surface area (Å²) in [7, 11) is 0. The number of amides is 1. The quantitative estimate of drug-likeness (QED) is 0.833. The van der Waals surface area contributed by atoms with E-state index in [1.54, 1.807) is 0 Å². The van der Waals surface area contributed by atoms with E-state index in [0.29, 0.717) is 18.9 Å². The standard InChI is InChI=1S/C13H18N2O/c14-8-12-6-7-13(16)15(10-12)9-11-4-2-1-3-5-11/h1-5,12H,6-10,14H2/t12-/m0/s1. The van der Waals surface area contributed by atoms with Gasteiger partial charge < -0.3 is 10.6 Å². The number of hydrogen-bond donors (Lipinski definition) is 1. The Bertz CT molecular complexity index is 350. The summed E-state index contributed by atoms with van der Waals surface area (Å²) in [6.07, 6.45) is 1.59. The summed E-state index contributed by atoms with van der Waals surface area (Å²) in [5, 5.41) is 0. The molecule has 1 atom stereocenters. The first-order chi connectivity index (χ1) is 7.79. The van der Waals surface area contributed by atoms with Crippen LogP contribution in [0.3, 0.4) is 0 Å². The third-order valence-corrected chi connectivity index (χ3v) is 3.15. The van der Waals surface area contributed by atoms with E-state index in [0.717, 1.165) is 19.5 Å². The zero-order valence-electron chi connectivity index (χ0n) is 9.43. The minimum Gasteiger partial charge on any atom is -0.338 e. The molecule has 0 spiro atoms. The van der Waals surface area contributed by atoms with Gasteiger partial charge >= 0.3 is 0 Å². The highest BCUT2D eigenvalue weighted by molar-refractivity contribution is 5.76. The molecule has 0 aliphatic carbocycles. The maximum absolute atomic E-state index is 11.7. The van der Waals surface area contributed by atoms with Crippen molar-refractivity contribution in [3.05, 3.63) is 35.9 Å². The molecule has 0 aromatic heterocycles. The first-order valence-corrected chi connectivity index (χ1v) is 5.81. The molecule has 0 unspecified atom stereocenters. The predicted molar refractivity (Wildman–Crippen MR) is 63.6 cm³/mol. The largest absolute Gasteiger partial charge is 0.338 e. The van der Waals surface area contributed by atoms with E-state index in [1.807, 2.05) is 23.1 Å².